The fourth-order valence-electron chi connectivity index (χ4n) is 13.3. The molecule has 1 saturated heterocycles. The molecule has 0 aromatic heterocycles. The fraction of sp³-hybridized carbons (Fsp3) is 0.941. The second-order valence-electron chi connectivity index (χ2n) is 21.1. The SMILES string of the molecule is CCCCCCCCCCCCCCCC(=O)OC[C@H]1O[C@@H](OC2CC[C@@]3(C)C(=CC[C@H]4[C@@H]5CC[C@H]([C@H](C)CC[C@@H](CC)C(C)C)[C@@]5(C)CC[C@@H]43)C2)[C@H](O)[C@@H](O)[C@@H]1O. The van der Waals surface area contributed by atoms with Crippen LogP contribution in [0.3, 0.4) is 0 Å². The molecule has 3 N–H and O–H groups in total. The molecule has 3 saturated carbocycles. The molecular formula is C51H90O7. The molecule has 0 aromatic carbocycles. The minimum absolute atomic E-state index is 0.139. The van der Waals surface area contributed by atoms with Crippen molar-refractivity contribution in [2.45, 2.75) is 246 Å². The third-order valence-electron chi connectivity index (χ3n) is 17.2. The maximum atomic E-state index is 12.6. The van der Waals surface area contributed by atoms with Crippen LogP contribution in [0.25, 0.3) is 0 Å². The standard InChI is InChI=1S/C51H90O7/c1-8-10-11-12-13-14-15-16-17-18-19-20-21-22-45(52)56-34-44-46(53)47(54)48(55)49(58-44)57-39-29-31-50(6)38(33-39)25-26-40-42-28-27-41(51(42,7)32-30-43(40)50)36(5)23-24-37(9-2)35(3)4/h25,35-37,39-44,46-49,53-55H,8-24,26-34H2,1-7H3/t36-,37-,39?,40+,41-,42+,43+,44-,46-,47+,48-,49-,50+,51-/m1/s1. The van der Waals surface area contributed by atoms with E-state index in [0.717, 1.165) is 80.5 Å². The number of carbonyl (C=O) groups is 1. The number of hydrogen-bond donors (Lipinski definition) is 3. The van der Waals surface area contributed by atoms with Crippen LogP contribution in [0, 0.1) is 52.3 Å². The number of hydrogen-bond acceptors (Lipinski definition) is 7. The third kappa shape index (κ3) is 11.9. The van der Waals surface area contributed by atoms with Gasteiger partial charge in [0, 0.05) is 6.42 Å². The average Bonchev–Trinajstić information content (AvgIpc) is 3.56. The molecule has 7 nitrogen and oxygen atoms in total. The first-order valence-electron chi connectivity index (χ1n) is 25.0. The molecule has 336 valence electrons. The number of fused-ring (bicyclic) bond motifs is 5. The molecule has 4 fully saturated rings. The minimum Gasteiger partial charge on any atom is -0.463 e. The van der Waals surface area contributed by atoms with Crippen molar-refractivity contribution in [3.8, 4) is 0 Å². The summed E-state index contributed by atoms with van der Waals surface area (Å²) >= 11 is 0. The Morgan fingerprint density at radius 3 is 2.09 bits per heavy atom. The van der Waals surface area contributed by atoms with Crippen LogP contribution in [0.1, 0.15) is 209 Å². The van der Waals surface area contributed by atoms with E-state index in [1.54, 1.807) is 0 Å². The zero-order chi connectivity index (χ0) is 41.9. The van der Waals surface area contributed by atoms with Gasteiger partial charge in [-0.1, -0.05) is 150 Å². The number of aliphatic hydroxyl groups excluding tert-OH is 3. The second-order valence-corrected chi connectivity index (χ2v) is 21.1. The summed E-state index contributed by atoms with van der Waals surface area (Å²) in [6.07, 6.45) is 26.1. The molecule has 0 radical (unpaired) electrons. The summed E-state index contributed by atoms with van der Waals surface area (Å²) in [7, 11) is 0. The normalized spacial score (nSPS) is 37.1. The molecule has 5 aliphatic rings. The van der Waals surface area contributed by atoms with E-state index in [9.17, 15) is 20.1 Å². The molecule has 0 amide bonds. The first kappa shape index (κ1) is 48.0. The highest BCUT2D eigenvalue weighted by molar-refractivity contribution is 5.69. The van der Waals surface area contributed by atoms with Gasteiger partial charge in [0.25, 0.3) is 0 Å². The zero-order valence-corrected chi connectivity index (χ0v) is 38.4. The maximum Gasteiger partial charge on any atom is 0.305 e. The highest BCUT2D eigenvalue weighted by Gasteiger charge is 2.59. The summed E-state index contributed by atoms with van der Waals surface area (Å²) in [6.45, 7) is 17.0. The Hall–Kier alpha value is -0.990. The van der Waals surface area contributed by atoms with Gasteiger partial charge in [0.1, 0.15) is 31.0 Å². The van der Waals surface area contributed by atoms with Crippen LogP contribution in [0.15, 0.2) is 11.6 Å². The third-order valence-corrected chi connectivity index (χ3v) is 17.2. The number of allylic oxidation sites excluding steroid dienone is 1. The van der Waals surface area contributed by atoms with Crippen LogP contribution in [-0.2, 0) is 19.0 Å². The van der Waals surface area contributed by atoms with E-state index < -0.39 is 30.7 Å². The monoisotopic (exact) mass is 815 g/mol. The minimum atomic E-state index is -1.44. The van der Waals surface area contributed by atoms with Crippen molar-refractivity contribution in [2.75, 3.05) is 6.61 Å². The molecule has 1 heterocycles. The summed E-state index contributed by atoms with van der Waals surface area (Å²) in [5.41, 5.74) is 2.13. The molecule has 4 aliphatic carbocycles. The first-order chi connectivity index (χ1) is 27.8. The largest absolute Gasteiger partial charge is 0.463 e. The van der Waals surface area contributed by atoms with E-state index in [1.165, 1.54) is 115 Å². The summed E-state index contributed by atoms with van der Waals surface area (Å²) in [6, 6.07) is 0. The molecular weight excluding hydrogens is 725 g/mol. The van der Waals surface area contributed by atoms with Gasteiger partial charge in [0.15, 0.2) is 6.29 Å². The Kier molecular flexibility index (Phi) is 19.0. The highest BCUT2D eigenvalue weighted by atomic mass is 16.7. The Morgan fingerprint density at radius 1 is 0.793 bits per heavy atom. The van der Waals surface area contributed by atoms with Crippen molar-refractivity contribution in [3.05, 3.63) is 11.6 Å². The topological polar surface area (TPSA) is 105 Å². The lowest BCUT2D eigenvalue weighted by molar-refractivity contribution is -0.313. The number of aliphatic hydroxyl groups is 3. The van der Waals surface area contributed by atoms with Gasteiger partial charge in [-0.3, -0.25) is 4.79 Å². The van der Waals surface area contributed by atoms with Gasteiger partial charge in [-0.05, 0) is 116 Å². The summed E-state index contributed by atoms with van der Waals surface area (Å²) in [4.78, 5) is 12.6. The van der Waals surface area contributed by atoms with Crippen molar-refractivity contribution in [1.29, 1.82) is 0 Å². The predicted molar refractivity (Wildman–Crippen MR) is 235 cm³/mol. The van der Waals surface area contributed by atoms with E-state index in [-0.39, 0.29) is 24.1 Å². The number of carbonyl (C=O) groups excluding carboxylic acids is 1. The Bertz CT molecular complexity index is 1250. The van der Waals surface area contributed by atoms with Crippen molar-refractivity contribution >= 4 is 5.97 Å². The summed E-state index contributed by atoms with van der Waals surface area (Å²) < 4.78 is 18.0. The van der Waals surface area contributed by atoms with Crippen molar-refractivity contribution in [3.63, 3.8) is 0 Å². The number of esters is 1. The van der Waals surface area contributed by atoms with Gasteiger partial charge in [0.05, 0.1) is 6.10 Å². The van der Waals surface area contributed by atoms with E-state index in [0.29, 0.717) is 17.8 Å². The van der Waals surface area contributed by atoms with Crippen LogP contribution in [-0.4, -0.2) is 64.7 Å². The van der Waals surface area contributed by atoms with E-state index in [2.05, 4.69) is 54.5 Å². The molecule has 1 aliphatic heterocycles. The Morgan fingerprint density at radius 2 is 1.45 bits per heavy atom. The fourth-order valence-corrected chi connectivity index (χ4v) is 13.3. The van der Waals surface area contributed by atoms with Gasteiger partial charge in [-0.2, -0.15) is 0 Å². The average molecular weight is 815 g/mol. The van der Waals surface area contributed by atoms with E-state index in [1.807, 2.05) is 0 Å². The van der Waals surface area contributed by atoms with Crippen LogP contribution >= 0.6 is 0 Å². The lowest BCUT2D eigenvalue weighted by Crippen LogP contribution is -2.60. The van der Waals surface area contributed by atoms with E-state index in [4.69, 9.17) is 14.2 Å². The van der Waals surface area contributed by atoms with Crippen LogP contribution in [0.2, 0.25) is 0 Å². The van der Waals surface area contributed by atoms with Gasteiger partial charge in [0.2, 0.25) is 0 Å². The van der Waals surface area contributed by atoms with Crippen molar-refractivity contribution < 1.29 is 34.3 Å². The smallest absolute Gasteiger partial charge is 0.305 e. The quantitative estimate of drug-likeness (QED) is 0.0506. The molecule has 1 unspecified atom stereocenters. The predicted octanol–water partition coefficient (Wildman–Crippen LogP) is 11.9. The van der Waals surface area contributed by atoms with Gasteiger partial charge in [-0.25, -0.2) is 0 Å². The molecule has 14 atom stereocenters. The van der Waals surface area contributed by atoms with Crippen molar-refractivity contribution in [2.24, 2.45) is 52.3 Å². The molecule has 0 bridgehead atoms. The molecule has 5 rings (SSSR count). The van der Waals surface area contributed by atoms with E-state index >= 15 is 0 Å². The second kappa shape index (κ2) is 22.9. The Labute approximate surface area is 355 Å². The van der Waals surface area contributed by atoms with Gasteiger partial charge < -0.3 is 29.5 Å². The zero-order valence-electron chi connectivity index (χ0n) is 38.4. The maximum absolute atomic E-state index is 12.6. The summed E-state index contributed by atoms with van der Waals surface area (Å²) in [5, 5.41) is 32.5. The van der Waals surface area contributed by atoms with Crippen molar-refractivity contribution in [1.82, 2.24) is 0 Å². The molecule has 7 heteroatoms. The Balaban J connectivity index is 1.04. The van der Waals surface area contributed by atoms with Crippen LogP contribution in [0.5, 0.6) is 0 Å². The lowest BCUT2D eigenvalue weighted by Gasteiger charge is -2.58. The number of unbranched alkanes of at least 4 members (excludes halogenated alkanes) is 12. The lowest BCUT2D eigenvalue weighted by atomic mass is 9.47. The van der Waals surface area contributed by atoms with Crippen LogP contribution in [0.4, 0.5) is 0 Å². The van der Waals surface area contributed by atoms with Crippen LogP contribution < -0.4 is 0 Å². The molecule has 0 spiro atoms. The van der Waals surface area contributed by atoms with Gasteiger partial charge >= 0.3 is 5.97 Å². The summed E-state index contributed by atoms with van der Waals surface area (Å²) in [5.74, 6) is 5.24. The molecule has 0 aromatic rings. The first-order valence-corrected chi connectivity index (χ1v) is 25.0. The van der Waals surface area contributed by atoms with Gasteiger partial charge in [-0.15, -0.1) is 0 Å². The molecule has 58 heavy (non-hydrogen) atoms. The number of rotatable bonds is 24. The highest BCUT2D eigenvalue weighted by Crippen LogP contribution is 2.67. The number of ether oxygens (including phenoxy) is 3.